The molecule has 0 fully saturated rings. The standard InChI is InChI=1S/C21H21F3N4O2/c1-14-6-4-5-7-18(14)30-11-10-27(3)20(29)17-13-26-28(15(17)2)19-9-8-16(12-25-19)21(22,23)24/h4-9,12-13H,10-11H2,1-3H3. The summed E-state index contributed by atoms with van der Waals surface area (Å²) in [5.74, 6) is 0.694. The van der Waals surface area contributed by atoms with Crippen LogP contribution in [0.5, 0.6) is 5.75 Å². The molecular formula is C21H21F3N4O2. The smallest absolute Gasteiger partial charge is 0.417 e. The van der Waals surface area contributed by atoms with Crippen LogP contribution in [-0.4, -0.2) is 45.8 Å². The van der Waals surface area contributed by atoms with E-state index in [4.69, 9.17) is 4.74 Å². The van der Waals surface area contributed by atoms with Crippen molar-refractivity contribution in [1.82, 2.24) is 19.7 Å². The number of ether oxygens (including phenoxy) is 1. The molecule has 1 amide bonds. The second kappa shape index (κ2) is 8.56. The van der Waals surface area contributed by atoms with Gasteiger partial charge in [-0.1, -0.05) is 18.2 Å². The molecule has 0 radical (unpaired) electrons. The van der Waals surface area contributed by atoms with Crippen LogP contribution < -0.4 is 4.74 Å². The zero-order valence-corrected chi connectivity index (χ0v) is 16.8. The van der Waals surface area contributed by atoms with Crippen molar-refractivity contribution in [3.8, 4) is 11.6 Å². The Morgan fingerprint density at radius 3 is 2.50 bits per heavy atom. The highest BCUT2D eigenvalue weighted by atomic mass is 19.4. The van der Waals surface area contributed by atoms with Crippen LogP contribution in [0.25, 0.3) is 5.82 Å². The number of carbonyl (C=O) groups is 1. The summed E-state index contributed by atoms with van der Waals surface area (Å²) in [5, 5.41) is 4.11. The highest BCUT2D eigenvalue weighted by Crippen LogP contribution is 2.29. The first-order valence-electron chi connectivity index (χ1n) is 9.20. The number of pyridine rings is 1. The van der Waals surface area contributed by atoms with E-state index in [0.29, 0.717) is 24.4 Å². The number of halogens is 3. The fourth-order valence-corrected chi connectivity index (χ4v) is 2.85. The van der Waals surface area contributed by atoms with E-state index in [9.17, 15) is 18.0 Å². The zero-order chi connectivity index (χ0) is 21.9. The first kappa shape index (κ1) is 21.4. The van der Waals surface area contributed by atoms with Gasteiger partial charge in [0.05, 0.1) is 29.6 Å². The van der Waals surface area contributed by atoms with Crippen molar-refractivity contribution >= 4 is 5.91 Å². The molecule has 0 aliphatic rings. The van der Waals surface area contributed by atoms with Gasteiger partial charge in [0.15, 0.2) is 5.82 Å². The number of benzene rings is 1. The van der Waals surface area contributed by atoms with Gasteiger partial charge in [0.2, 0.25) is 0 Å². The lowest BCUT2D eigenvalue weighted by Gasteiger charge is -2.18. The number of para-hydroxylation sites is 1. The van der Waals surface area contributed by atoms with Crippen LogP contribution in [0, 0.1) is 13.8 Å². The topological polar surface area (TPSA) is 60.2 Å². The molecule has 3 rings (SSSR count). The summed E-state index contributed by atoms with van der Waals surface area (Å²) >= 11 is 0. The quantitative estimate of drug-likeness (QED) is 0.606. The van der Waals surface area contributed by atoms with E-state index in [1.165, 1.54) is 21.8 Å². The van der Waals surface area contributed by atoms with Gasteiger partial charge in [-0.15, -0.1) is 0 Å². The lowest BCUT2D eigenvalue weighted by molar-refractivity contribution is -0.137. The van der Waals surface area contributed by atoms with Gasteiger partial charge in [-0.05, 0) is 37.6 Å². The Kier molecular flexibility index (Phi) is 6.09. The number of carbonyl (C=O) groups excluding carboxylic acids is 1. The largest absolute Gasteiger partial charge is 0.491 e. The molecule has 0 unspecified atom stereocenters. The molecule has 9 heteroatoms. The van der Waals surface area contributed by atoms with Gasteiger partial charge in [0.1, 0.15) is 12.4 Å². The first-order valence-corrected chi connectivity index (χ1v) is 9.20. The minimum absolute atomic E-state index is 0.199. The third kappa shape index (κ3) is 4.61. The average molecular weight is 418 g/mol. The molecule has 1 aromatic carbocycles. The molecule has 6 nitrogen and oxygen atoms in total. The minimum atomic E-state index is -4.46. The van der Waals surface area contributed by atoms with Crippen LogP contribution in [0.3, 0.4) is 0 Å². The number of rotatable bonds is 6. The van der Waals surface area contributed by atoms with E-state index in [0.717, 1.165) is 23.6 Å². The van der Waals surface area contributed by atoms with Gasteiger partial charge in [-0.3, -0.25) is 4.79 Å². The molecule has 0 aliphatic carbocycles. The van der Waals surface area contributed by atoms with E-state index in [1.54, 1.807) is 14.0 Å². The predicted molar refractivity (Wildman–Crippen MR) is 105 cm³/mol. The van der Waals surface area contributed by atoms with Gasteiger partial charge in [0.25, 0.3) is 5.91 Å². The maximum absolute atomic E-state index is 12.8. The van der Waals surface area contributed by atoms with Crippen LogP contribution in [0.15, 0.2) is 48.8 Å². The Morgan fingerprint density at radius 1 is 1.13 bits per heavy atom. The normalized spacial score (nSPS) is 11.4. The highest BCUT2D eigenvalue weighted by molar-refractivity contribution is 5.95. The van der Waals surface area contributed by atoms with E-state index in [1.807, 2.05) is 31.2 Å². The van der Waals surface area contributed by atoms with Crippen molar-refractivity contribution in [2.24, 2.45) is 0 Å². The second-order valence-corrected chi connectivity index (χ2v) is 6.80. The summed E-state index contributed by atoms with van der Waals surface area (Å²) in [6.07, 6.45) is -2.34. The van der Waals surface area contributed by atoms with Crippen LogP contribution in [-0.2, 0) is 6.18 Å². The van der Waals surface area contributed by atoms with Crippen LogP contribution in [0.1, 0.15) is 27.2 Å². The average Bonchev–Trinajstić information content (AvgIpc) is 3.09. The number of hydrogen-bond acceptors (Lipinski definition) is 4. The van der Waals surface area contributed by atoms with Gasteiger partial charge in [-0.25, -0.2) is 9.67 Å². The van der Waals surface area contributed by atoms with E-state index < -0.39 is 11.7 Å². The Morgan fingerprint density at radius 2 is 1.87 bits per heavy atom. The van der Waals surface area contributed by atoms with Crippen LogP contribution in [0.2, 0.25) is 0 Å². The molecule has 0 atom stereocenters. The molecule has 0 saturated heterocycles. The summed E-state index contributed by atoms with van der Waals surface area (Å²) in [5.41, 5.74) is 0.988. The van der Waals surface area contributed by atoms with Gasteiger partial charge < -0.3 is 9.64 Å². The second-order valence-electron chi connectivity index (χ2n) is 6.80. The minimum Gasteiger partial charge on any atom is -0.491 e. The number of amides is 1. The SMILES string of the molecule is Cc1ccccc1OCCN(C)C(=O)c1cnn(-c2ccc(C(F)(F)F)cn2)c1C. The van der Waals surface area contributed by atoms with Crippen LogP contribution >= 0.6 is 0 Å². The monoisotopic (exact) mass is 418 g/mol. The van der Waals surface area contributed by atoms with E-state index in [2.05, 4.69) is 10.1 Å². The third-order valence-electron chi connectivity index (χ3n) is 4.66. The summed E-state index contributed by atoms with van der Waals surface area (Å²) in [7, 11) is 1.65. The molecule has 0 bridgehead atoms. The Labute approximate surface area is 171 Å². The van der Waals surface area contributed by atoms with Crippen molar-refractivity contribution in [3.05, 3.63) is 71.2 Å². The van der Waals surface area contributed by atoms with Gasteiger partial charge in [-0.2, -0.15) is 18.3 Å². The van der Waals surface area contributed by atoms with Crippen molar-refractivity contribution in [1.29, 1.82) is 0 Å². The molecular weight excluding hydrogens is 397 g/mol. The summed E-state index contributed by atoms with van der Waals surface area (Å²) in [6.45, 7) is 4.28. The Bertz CT molecular complexity index is 1030. The summed E-state index contributed by atoms with van der Waals surface area (Å²) < 4.78 is 45.2. The fraction of sp³-hybridized carbons (Fsp3) is 0.286. The molecule has 0 spiro atoms. The molecule has 2 heterocycles. The molecule has 0 N–H and O–H groups in total. The van der Waals surface area contributed by atoms with Crippen molar-refractivity contribution in [2.75, 3.05) is 20.2 Å². The maximum atomic E-state index is 12.8. The summed E-state index contributed by atoms with van der Waals surface area (Å²) in [6, 6.07) is 9.75. The Balaban J connectivity index is 1.67. The van der Waals surface area contributed by atoms with Crippen molar-refractivity contribution in [2.45, 2.75) is 20.0 Å². The molecule has 0 aliphatic heterocycles. The number of aryl methyl sites for hydroxylation is 1. The first-order chi connectivity index (χ1) is 14.2. The molecule has 158 valence electrons. The molecule has 30 heavy (non-hydrogen) atoms. The maximum Gasteiger partial charge on any atom is 0.417 e. The van der Waals surface area contributed by atoms with E-state index >= 15 is 0 Å². The zero-order valence-electron chi connectivity index (χ0n) is 16.8. The van der Waals surface area contributed by atoms with Crippen LogP contribution in [0.4, 0.5) is 13.2 Å². The lowest BCUT2D eigenvalue weighted by Crippen LogP contribution is -2.31. The Hall–Kier alpha value is -3.36. The predicted octanol–water partition coefficient (Wildman–Crippen LogP) is 4.05. The van der Waals surface area contributed by atoms with Gasteiger partial charge >= 0.3 is 6.18 Å². The van der Waals surface area contributed by atoms with Gasteiger partial charge in [0, 0.05) is 13.2 Å². The number of nitrogens with zero attached hydrogens (tertiary/aromatic N) is 4. The molecule has 0 saturated carbocycles. The number of hydrogen-bond donors (Lipinski definition) is 0. The fourth-order valence-electron chi connectivity index (χ4n) is 2.85. The number of aromatic nitrogens is 3. The highest BCUT2D eigenvalue weighted by Gasteiger charge is 2.31. The van der Waals surface area contributed by atoms with E-state index in [-0.39, 0.29) is 11.7 Å². The molecule has 3 aromatic rings. The number of likely N-dealkylation sites (N-methyl/N-ethyl adjacent to an activating group) is 1. The summed E-state index contributed by atoms with van der Waals surface area (Å²) in [4.78, 5) is 18.1. The van der Waals surface area contributed by atoms with Crippen molar-refractivity contribution in [3.63, 3.8) is 0 Å². The lowest BCUT2D eigenvalue weighted by atomic mass is 10.2. The van der Waals surface area contributed by atoms with Crippen molar-refractivity contribution < 1.29 is 22.7 Å². The molecule has 2 aromatic heterocycles. The number of alkyl halides is 3. The third-order valence-corrected chi connectivity index (χ3v) is 4.66.